The molecule has 3 aromatic rings. The molecule has 1 heterocycles. The minimum Gasteiger partial charge on any atom is -0.298 e. The van der Waals surface area contributed by atoms with E-state index in [2.05, 4.69) is 16.4 Å². The van der Waals surface area contributed by atoms with E-state index in [1.807, 2.05) is 19.9 Å². The number of amides is 1. The van der Waals surface area contributed by atoms with Gasteiger partial charge in [0.15, 0.2) is 5.13 Å². The van der Waals surface area contributed by atoms with Gasteiger partial charge in [-0.2, -0.15) is 0 Å². The van der Waals surface area contributed by atoms with Gasteiger partial charge in [-0.1, -0.05) is 17.4 Å². The Hall–Kier alpha value is -2.27. The predicted octanol–water partition coefficient (Wildman–Crippen LogP) is 4.30. The number of carbonyl (C=O) groups excluding carboxylic acids is 1. The molecule has 0 radical (unpaired) electrons. The topological polar surface area (TPSA) is 42.0 Å². The number of nitrogens with zero attached hydrogens (tertiary/aromatic N) is 1. The number of aromatic nitrogens is 1. The number of halogens is 1. The summed E-state index contributed by atoms with van der Waals surface area (Å²) in [5.41, 5.74) is 3.49. The van der Waals surface area contributed by atoms with Crippen LogP contribution in [0.1, 0.15) is 21.5 Å². The average Bonchev–Trinajstić information content (AvgIpc) is 2.80. The Kier molecular flexibility index (Phi) is 3.43. The second-order valence-electron chi connectivity index (χ2n) is 4.89. The Morgan fingerprint density at radius 1 is 1.19 bits per heavy atom. The van der Waals surface area contributed by atoms with Crippen LogP contribution < -0.4 is 5.32 Å². The molecule has 2 aromatic carbocycles. The predicted molar refractivity (Wildman–Crippen MR) is 83.4 cm³/mol. The molecule has 0 unspecified atom stereocenters. The molecule has 1 N–H and O–H groups in total. The zero-order chi connectivity index (χ0) is 15.0. The minimum atomic E-state index is -0.432. The maximum atomic E-state index is 13.1. The van der Waals surface area contributed by atoms with Crippen LogP contribution >= 0.6 is 11.3 Å². The number of carbonyl (C=O) groups is 1. The van der Waals surface area contributed by atoms with Crippen LogP contribution in [-0.2, 0) is 0 Å². The molecule has 0 saturated heterocycles. The van der Waals surface area contributed by atoms with E-state index in [0.29, 0.717) is 5.13 Å². The first kappa shape index (κ1) is 13.7. The number of anilines is 1. The van der Waals surface area contributed by atoms with Crippen molar-refractivity contribution in [2.24, 2.45) is 0 Å². The Morgan fingerprint density at radius 3 is 2.71 bits per heavy atom. The van der Waals surface area contributed by atoms with Gasteiger partial charge in [-0.25, -0.2) is 9.37 Å². The second-order valence-corrected chi connectivity index (χ2v) is 5.92. The lowest BCUT2D eigenvalue weighted by atomic mass is 10.1. The van der Waals surface area contributed by atoms with Gasteiger partial charge in [0.2, 0.25) is 0 Å². The molecule has 0 spiro atoms. The molecule has 3 rings (SSSR count). The van der Waals surface area contributed by atoms with Crippen molar-refractivity contribution in [3.63, 3.8) is 0 Å². The van der Waals surface area contributed by atoms with Gasteiger partial charge in [0.25, 0.3) is 5.91 Å². The number of aryl methyl sites for hydroxylation is 2. The number of fused-ring (bicyclic) bond motifs is 1. The molecule has 0 fully saturated rings. The first-order chi connectivity index (χ1) is 10.0. The van der Waals surface area contributed by atoms with Crippen molar-refractivity contribution in [2.75, 3.05) is 5.32 Å². The number of hydrogen-bond acceptors (Lipinski definition) is 3. The third-order valence-corrected chi connectivity index (χ3v) is 4.24. The Bertz CT molecular complexity index is 802. The van der Waals surface area contributed by atoms with Crippen LogP contribution in [0.2, 0.25) is 0 Å². The summed E-state index contributed by atoms with van der Waals surface area (Å²) in [5, 5.41) is 3.23. The fourth-order valence-electron chi connectivity index (χ4n) is 2.03. The third-order valence-electron chi connectivity index (χ3n) is 3.31. The van der Waals surface area contributed by atoms with E-state index >= 15 is 0 Å². The Balaban J connectivity index is 1.89. The van der Waals surface area contributed by atoms with E-state index in [0.717, 1.165) is 15.8 Å². The molecule has 21 heavy (non-hydrogen) atoms. The number of benzene rings is 2. The maximum Gasteiger partial charge on any atom is 0.257 e. The molecule has 0 aliphatic carbocycles. The molecule has 0 aliphatic rings. The van der Waals surface area contributed by atoms with Crippen molar-refractivity contribution >= 4 is 32.6 Å². The molecular formula is C16H13FN2OS. The normalized spacial score (nSPS) is 10.8. The molecule has 1 aromatic heterocycles. The lowest BCUT2D eigenvalue weighted by molar-refractivity contribution is 0.102. The minimum absolute atomic E-state index is 0.279. The number of nitrogens with one attached hydrogen (secondary N) is 1. The van der Waals surface area contributed by atoms with Gasteiger partial charge in [0.05, 0.1) is 10.2 Å². The van der Waals surface area contributed by atoms with Gasteiger partial charge < -0.3 is 0 Å². The molecule has 3 nitrogen and oxygen atoms in total. The van der Waals surface area contributed by atoms with Gasteiger partial charge in [0.1, 0.15) is 5.82 Å². The van der Waals surface area contributed by atoms with E-state index in [9.17, 15) is 9.18 Å². The molecular weight excluding hydrogens is 287 g/mol. The summed E-state index contributed by atoms with van der Waals surface area (Å²) in [6.07, 6.45) is 0. The van der Waals surface area contributed by atoms with Crippen molar-refractivity contribution < 1.29 is 9.18 Å². The summed E-state index contributed by atoms with van der Waals surface area (Å²) in [7, 11) is 0. The summed E-state index contributed by atoms with van der Waals surface area (Å²) in [6.45, 7) is 4.07. The van der Waals surface area contributed by atoms with Crippen LogP contribution in [0.4, 0.5) is 9.52 Å². The largest absolute Gasteiger partial charge is 0.298 e. The van der Waals surface area contributed by atoms with Crippen LogP contribution in [-0.4, -0.2) is 10.9 Å². The monoisotopic (exact) mass is 300 g/mol. The summed E-state index contributed by atoms with van der Waals surface area (Å²) in [6, 6.07) is 9.64. The Morgan fingerprint density at radius 2 is 1.95 bits per heavy atom. The molecule has 0 aliphatic heterocycles. The third kappa shape index (κ3) is 2.78. The lowest BCUT2D eigenvalue weighted by Crippen LogP contribution is -2.11. The number of thiazole rings is 1. The average molecular weight is 300 g/mol. The number of hydrogen-bond donors (Lipinski definition) is 1. The summed E-state index contributed by atoms with van der Waals surface area (Å²) in [5.74, 6) is -0.791. The van der Waals surface area contributed by atoms with Crippen LogP contribution in [0.3, 0.4) is 0 Å². The van der Waals surface area contributed by atoms with Gasteiger partial charge in [-0.05, 0) is 55.3 Å². The zero-order valence-corrected chi connectivity index (χ0v) is 12.4. The highest BCUT2D eigenvalue weighted by Gasteiger charge is 2.11. The van der Waals surface area contributed by atoms with Crippen LogP contribution in [0.5, 0.6) is 0 Å². The zero-order valence-electron chi connectivity index (χ0n) is 11.6. The van der Waals surface area contributed by atoms with Crippen molar-refractivity contribution in [1.29, 1.82) is 0 Å². The van der Waals surface area contributed by atoms with Crippen molar-refractivity contribution in [3.8, 4) is 0 Å². The fourth-order valence-corrected chi connectivity index (χ4v) is 2.97. The van der Waals surface area contributed by atoms with E-state index in [-0.39, 0.29) is 11.5 Å². The maximum absolute atomic E-state index is 13.1. The van der Waals surface area contributed by atoms with Crippen molar-refractivity contribution in [3.05, 3.63) is 58.9 Å². The highest BCUT2D eigenvalue weighted by Crippen LogP contribution is 2.28. The molecule has 5 heteroatoms. The lowest BCUT2D eigenvalue weighted by Gasteiger charge is -2.01. The molecule has 0 atom stereocenters. The van der Waals surface area contributed by atoms with Crippen molar-refractivity contribution in [1.82, 2.24) is 4.98 Å². The van der Waals surface area contributed by atoms with E-state index in [4.69, 9.17) is 0 Å². The quantitative estimate of drug-likeness (QED) is 0.766. The van der Waals surface area contributed by atoms with Gasteiger partial charge >= 0.3 is 0 Å². The van der Waals surface area contributed by atoms with Gasteiger partial charge in [-0.3, -0.25) is 10.1 Å². The van der Waals surface area contributed by atoms with Gasteiger partial charge in [0, 0.05) is 5.56 Å². The Labute approximate surface area is 125 Å². The van der Waals surface area contributed by atoms with Crippen molar-refractivity contribution in [2.45, 2.75) is 13.8 Å². The highest BCUT2D eigenvalue weighted by molar-refractivity contribution is 7.22. The summed E-state index contributed by atoms with van der Waals surface area (Å²) in [4.78, 5) is 16.5. The molecule has 106 valence electrons. The van der Waals surface area contributed by atoms with Gasteiger partial charge in [-0.15, -0.1) is 0 Å². The van der Waals surface area contributed by atoms with Crippen LogP contribution in [0.15, 0.2) is 36.4 Å². The standard InChI is InChI=1S/C16H13FN2OS/c1-9-6-13-14(7-10(9)2)21-16(18-13)19-15(20)11-4-3-5-12(17)8-11/h3-8H,1-2H3,(H,18,19,20). The summed E-state index contributed by atoms with van der Waals surface area (Å²) < 4.78 is 14.2. The summed E-state index contributed by atoms with van der Waals surface area (Å²) >= 11 is 1.41. The first-order valence-electron chi connectivity index (χ1n) is 6.47. The van der Waals surface area contributed by atoms with Crippen LogP contribution in [0, 0.1) is 19.7 Å². The smallest absolute Gasteiger partial charge is 0.257 e. The van der Waals surface area contributed by atoms with E-state index in [1.165, 1.54) is 35.1 Å². The van der Waals surface area contributed by atoms with E-state index < -0.39 is 5.82 Å². The first-order valence-corrected chi connectivity index (χ1v) is 7.29. The van der Waals surface area contributed by atoms with E-state index in [1.54, 1.807) is 6.07 Å². The molecule has 0 saturated carbocycles. The number of rotatable bonds is 2. The molecule has 1 amide bonds. The highest BCUT2D eigenvalue weighted by atomic mass is 32.1. The SMILES string of the molecule is Cc1cc2nc(NC(=O)c3cccc(F)c3)sc2cc1C. The van der Waals surface area contributed by atoms with Crippen LogP contribution in [0.25, 0.3) is 10.2 Å². The molecule has 0 bridgehead atoms. The fraction of sp³-hybridized carbons (Fsp3) is 0.125. The second kappa shape index (κ2) is 5.26.